The zero-order valence-corrected chi connectivity index (χ0v) is 17.0. The minimum atomic E-state index is 0. The number of phenols is 1. The third-order valence-electron chi connectivity index (χ3n) is 0.641. The van der Waals surface area contributed by atoms with Crippen molar-refractivity contribution in [1.82, 2.24) is 0 Å². The molecule has 1 aromatic rings. The molecule has 1 N–H and O–H groups in total. The molecule has 84 valence electrons. The first-order chi connectivity index (χ1) is 3.39. The van der Waals surface area contributed by atoms with Crippen molar-refractivity contribution in [2.45, 2.75) is 0 Å². The number of hydrogen-bond donors (Lipinski definition) is 1. The van der Waals surface area contributed by atoms with E-state index in [-0.39, 0.29) is 134 Å². The van der Waals surface area contributed by atoms with Gasteiger partial charge < -0.3 is 67.9 Å². The summed E-state index contributed by atoms with van der Waals surface area (Å²) < 4.78 is 0. The summed E-state index contributed by atoms with van der Waals surface area (Å²) in [5.41, 5.74) is 0. The average molecular weight is 463 g/mol. The zero-order valence-electron chi connectivity index (χ0n) is 10.7. The normalized spacial score (nSPS) is 4.00. The van der Waals surface area contributed by atoms with E-state index in [1.807, 2.05) is 0 Å². The molecule has 0 bridgehead atoms. The van der Waals surface area contributed by atoms with Gasteiger partial charge in [-0.25, -0.2) is 6.07 Å². The quantitative estimate of drug-likeness (QED) is 0.583. The van der Waals surface area contributed by atoms with Crippen molar-refractivity contribution < 1.29 is 88.6 Å². The van der Waals surface area contributed by atoms with Gasteiger partial charge in [-0.05, 0) is 0 Å². The molecule has 0 aromatic heterocycles. The Bertz CT molecular complexity index is 144. The standard InChI is InChI=1S/C6H4O.6CH3.2Ce/c7-6-4-2-1-3-5-6;;;;;;;;/h2-4,7H;6*1H3;;/q-2;6*-1;2*+4. The summed E-state index contributed by atoms with van der Waals surface area (Å²) >= 11 is 0. The van der Waals surface area contributed by atoms with Crippen LogP contribution < -0.4 is 0 Å². The first-order valence-corrected chi connectivity index (χ1v) is 1.96. The molecule has 0 aliphatic heterocycles. The van der Waals surface area contributed by atoms with Crippen LogP contribution in [0.4, 0.5) is 0 Å². The summed E-state index contributed by atoms with van der Waals surface area (Å²) in [6.45, 7) is 0. The first-order valence-electron chi connectivity index (χ1n) is 1.96. The van der Waals surface area contributed by atoms with Crippen LogP contribution in [0.25, 0.3) is 0 Å². The molecule has 0 atom stereocenters. The number of rotatable bonds is 0. The molecule has 0 radical (unpaired) electrons. The molecule has 0 aliphatic carbocycles. The minimum absolute atomic E-state index is 0. The number of aromatic hydroxyl groups is 1. The molecule has 0 heterocycles. The summed E-state index contributed by atoms with van der Waals surface area (Å²) in [6, 6.07) is 9.94. The van der Waals surface area contributed by atoms with E-state index < -0.39 is 0 Å². The fourth-order valence-corrected chi connectivity index (χ4v) is 0.339. The summed E-state index contributed by atoms with van der Waals surface area (Å²) in [5, 5.41) is 8.56. The van der Waals surface area contributed by atoms with Gasteiger partial charge in [0.05, 0.1) is 0 Å². The van der Waals surface area contributed by atoms with Crippen LogP contribution >= 0.6 is 0 Å². The maximum atomic E-state index is 8.56. The molecule has 0 saturated heterocycles. The zero-order chi connectivity index (χ0) is 5.11. The predicted octanol–water partition coefficient (Wildman–Crippen LogP) is 3.69. The number of hydrogen-bond acceptors (Lipinski definition) is 1. The van der Waals surface area contributed by atoms with E-state index >= 15 is 0 Å². The molecule has 0 spiro atoms. The van der Waals surface area contributed by atoms with Crippen LogP contribution in [0.5, 0.6) is 5.75 Å². The third-order valence-corrected chi connectivity index (χ3v) is 0.641. The van der Waals surface area contributed by atoms with Crippen LogP contribution in [0, 0.1) is 140 Å². The monoisotopic (exact) mass is 462 g/mol. The fourth-order valence-electron chi connectivity index (χ4n) is 0.339. The van der Waals surface area contributed by atoms with Gasteiger partial charge in [0.1, 0.15) is 0 Å². The van der Waals surface area contributed by atoms with Gasteiger partial charge in [-0.3, -0.25) is 6.07 Å². The Morgan fingerprint density at radius 2 is 1.27 bits per heavy atom. The Labute approximate surface area is 166 Å². The van der Waals surface area contributed by atoms with Crippen LogP contribution in [-0.2, 0) is 0 Å². The van der Waals surface area contributed by atoms with Gasteiger partial charge >= 0.3 is 83.5 Å². The Kier molecular flexibility index (Phi) is 130. The minimum Gasteiger partial charge on any atom is -0.558 e. The third kappa shape index (κ3) is 31.3. The van der Waals surface area contributed by atoms with Crippen molar-refractivity contribution in [3.63, 3.8) is 0 Å². The van der Waals surface area contributed by atoms with Gasteiger partial charge in [0.15, 0.2) is 0 Å². The average Bonchev–Trinajstić information content (AvgIpc) is 1.69. The summed E-state index contributed by atoms with van der Waals surface area (Å²) in [6.07, 6.45) is 0. The molecule has 15 heavy (non-hydrogen) atoms. The maximum absolute atomic E-state index is 8.56. The Balaban J connectivity index is -0.0000000102. The van der Waals surface area contributed by atoms with E-state index in [1.165, 1.54) is 12.1 Å². The molecule has 0 aliphatic rings. The molecular weight excluding hydrogens is 440 g/mol. The number of benzene rings is 1. The van der Waals surface area contributed by atoms with Crippen molar-refractivity contribution >= 4 is 0 Å². The van der Waals surface area contributed by atoms with Gasteiger partial charge in [-0.1, -0.05) is 0 Å². The van der Waals surface area contributed by atoms with Crippen LogP contribution in [-0.4, -0.2) is 5.11 Å². The molecule has 3 heteroatoms. The molecule has 0 amide bonds. The van der Waals surface area contributed by atoms with Gasteiger partial charge in [-0.15, -0.1) is 5.75 Å². The SMILES string of the molecule is Oc1[c-]c[c-]cc1.[CH3-].[CH3-].[CH3-].[CH3-].[CH3-].[CH3-].[Ce+4].[Ce+4]. The second kappa shape index (κ2) is 36.0. The van der Waals surface area contributed by atoms with Gasteiger partial charge in [0.25, 0.3) is 0 Å². The van der Waals surface area contributed by atoms with Crippen molar-refractivity contribution in [3.8, 4) is 5.75 Å². The Morgan fingerprint density at radius 3 is 1.40 bits per heavy atom. The second-order valence-corrected chi connectivity index (χ2v) is 1.17. The van der Waals surface area contributed by atoms with E-state index in [0.717, 1.165) is 0 Å². The number of phenolic OH excluding ortho intramolecular Hbond substituents is 1. The van der Waals surface area contributed by atoms with E-state index in [2.05, 4.69) is 12.1 Å². The smallest absolute Gasteiger partial charge is 0.558 e. The summed E-state index contributed by atoms with van der Waals surface area (Å²) in [5.74, 6) is 0.166. The first kappa shape index (κ1) is 54.2. The van der Waals surface area contributed by atoms with Gasteiger partial charge in [0, 0.05) is 0 Å². The van der Waals surface area contributed by atoms with E-state index in [9.17, 15) is 0 Å². The molecule has 1 nitrogen and oxygen atoms in total. The maximum Gasteiger partial charge on any atom is 4.00 e. The predicted molar refractivity (Wildman–Crippen MR) is 64.3 cm³/mol. The van der Waals surface area contributed by atoms with Crippen LogP contribution in [0.3, 0.4) is 0 Å². The summed E-state index contributed by atoms with van der Waals surface area (Å²) in [4.78, 5) is 0. The Morgan fingerprint density at radius 1 is 0.867 bits per heavy atom. The molecule has 1 rings (SSSR count). The van der Waals surface area contributed by atoms with E-state index in [4.69, 9.17) is 5.11 Å². The van der Waals surface area contributed by atoms with Gasteiger partial charge in [0.2, 0.25) is 0 Å². The van der Waals surface area contributed by atoms with Gasteiger partial charge in [-0.2, -0.15) is 0 Å². The van der Waals surface area contributed by atoms with Crippen molar-refractivity contribution in [2.75, 3.05) is 0 Å². The Hall–Kier alpha value is 1.77. The molecule has 0 unspecified atom stereocenters. The molecular formula is C12H22Ce2O. The van der Waals surface area contributed by atoms with E-state index in [1.54, 1.807) is 6.07 Å². The van der Waals surface area contributed by atoms with Crippen molar-refractivity contribution in [2.24, 2.45) is 0 Å². The van der Waals surface area contributed by atoms with Crippen LogP contribution in [0.1, 0.15) is 0 Å². The van der Waals surface area contributed by atoms with Crippen LogP contribution in [0.2, 0.25) is 0 Å². The van der Waals surface area contributed by atoms with Crippen molar-refractivity contribution in [1.29, 1.82) is 0 Å². The molecule has 0 saturated carbocycles. The van der Waals surface area contributed by atoms with Crippen LogP contribution in [0.15, 0.2) is 18.2 Å². The molecule has 0 fully saturated rings. The topological polar surface area (TPSA) is 20.2 Å². The fraction of sp³-hybridized carbons (Fsp3) is 0. The van der Waals surface area contributed by atoms with E-state index in [0.29, 0.717) is 0 Å². The largest absolute Gasteiger partial charge is 4.00 e. The molecule has 1 aromatic carbocycles. The van der Waals surface area contributed by atoms with Crippen molar-refractivity contribution in [3.05, 3.63) is 74.9 Å². The summed E-state index contributed by atoms with van der Waals surface area (Å²) in [7, 11) is 0. The second-order valence-electron chi connectivity index (χ2n) is 1.17.